The minimum absolute atomic E-state index is 0.0103. The summed E-state index contributed by atoms with van der Waals surface area (Å²) in [4.78, 5) is 36.1. The SMILES string of the molecule is COc1ccc([C@H]2CC(=O)Oc3c2c(=O)oc2ccccc32)cc1COc1ccc([N+](=O)[O-])c(C)c1. The molecule has 1 aliphatic heterocycles. The molecular formula is C27H21NO8. The lowest BCUT2D eigenvalue weighted by Gasteiger charge is -2.25. The molecule has 2 heterocycles. The van der Waals surface area contributed by atoms with Gasteiger partial charge in [-0.3, -0.25) is 14.9 Å². The van der Waals surface area contributed by atoms with E-state index in [4.69, 9.17) is 18.6 Å². The molecule has 0 bridgehead atoms. The number of rotatable bonds is 6. The van der Waals surface area contributed by atoms with Crippen molar-refractivity contribution in [2.45, 2.75) is 25.9 Å². The Balaban J connectivity index is 1.51. The van der Waals surface area contributed by atoms with E-state index in [1.165, 1.54) is 19.2 Å². The van der Waals surface area contributed by atoms with Crippen LogP contribution >= 0.6 is 0 Å². The highest BCUT2D eigenvalue weighted by atomic mass is 16.6. The van der Waals surface area contributed by atoms with Crippen LogP contribution in [0.3, 0.4) is 0 Å². The third-order valence-corrected chi connectivity index (χ3v) is 6.20. The second kappa shape index (κ2) is 9.18. The van der Waals surface area contributed by atoms with Crippen LogP contribution in [0.1, 0.15) is 34.6 Å². The first-order chi connectivity index (χ1) is 17.4. The molecule has 36 heavy (non-hydrogen) atoms. The van der Waals surface area contributed by atoms with Gasteiger partial charge in [0.05, 0.1) is 29.4 Å². The summed E-state index contributed by atoms with van der Waals surface area (Å²) >= 11 is 0. The molecule has 9 nitrogen and oxygen atoms in total. The predicted octanol–water partition coefficient (Wildman–Crippen LogP) is 5.04. The van der Waals surface area contributed by atoms with E-state index in [1.807, 2.05) is 6.07 Å². The van der Waals surface area contributed by atoms with Gasteiger partial charge in [-0.2, -0.15) is 0 Å². The second-order valence-electron chi connectivity index (χ2n) is 8.42. The predicted molar refractivity (Wildman–Crippen MR) is 130 cm³/mol. The maximum Gasteiger partial charge on any atom is 0.343 e. The van der Waals surface area contributed by atoms with Crippen LogP contribution in [0.5, 0.6) is 17.2 Å². The van der Waals surface area contributed by atoms with E-state index in [0.29, 0.717) is 39.2 Å². The van der Waals surface area contributed by atoms with Gasteiger partial charge in [-0.1, -0.05) is 18.2 Å². The molecule has 0 spiro atoms. The van der Waals surface area contributed by atoms with Crippen molar-refractivity contribution in [3.05, 3.63) is 103 Å². The first-order valence-electron chi connectivity index (χ1n) is 11.2. The molecule has 0 fully saturated rings. The Morgan fingerprint density at radius 3 is 2.64 bits per heavy atom. The summed E-state index contributed by atoms with van der Waals surface area (Å²) in [5.41, 5.74) is 1.95. The van der Waals surface area contributed by atoms with Crippen LogP contribution in [0.4, 0.5) is 5.69 Å². The van der Waals surface area contributed by atoms with Gasteiger partial charge in [0.25, 0.3) is 5.69 Å². The normalized spacial score (nSPS) is 14.7. The van der Waals surface area contributed by atoms with Gasteiger partial charge in [-0.15, -0.1) is 0 Å². The molecule has 0 radical (unpaired) electrons. The molecule has 4 aromatic rings. The number of carbonyl (C=O) groups is 1. The minimum Gasteiger partial charge on any atom is -0.496 e. The number of nitrogens with zero attached hydrogens (tertiary/aromatic N) is 1. The minimum atomic E-state index is -0.576. The Morgan fingerprint density at radius 2 is 1.89 bits per heavy atom. The maximum atomic E-state index is 12.9. The molecule has 0 unspecified atom stereocenters. The number of fused-ring (bicyclic) bond motifs is 3. The Labute approximate surface area is 205 Å². The average molecular weight is 487 g/mol. The van der Waals surface area contributed by atoms with Crippen molar-refractivity contribution < 1.29 is 28.3 Å². The van der Waals surface area contributed by atoms with Crippen molar-refractivity contribution in [1.82, 2.24) is 0 Å². The molecular weight excluding hydrogens is 466 g/mol. The smallest absolute Gasteiger partial charge is 0.343 e. The van der Waals surface area contributed by atoms with Crippen molar-refractivity contribution in [1.29, 1.82) is 0 Å². The fourth-order valence-corrected chi connectivity index (χ4v) is 4.47. The summed E-state index contributed by atoms with van der Waals surface area (Å²) in [6.07, 6.45) is -0.0235. The molecule has 1 aliphatic rings. The molecule has 1 aromatic heterocycles. The maximum absolute atomic E-state index is 12.9. The highest BCUT2D eigenvalue weighted by Gasteiger charge is 2.34. The van der Waals surface area contributed by atoms with E-state index in [1.54, 1.807) is 49.4 Å². The van der Waals surface area contributed by atoms with E-state index < -0.39 is 22.4 Å². The first-order valence-corrected chi connectivity index (χ1v) is 11.2. The topological polar surface area (TPSA) is 118 Å². The molecule has 9 heteroatoms. The van der Waals surface area contributed by atoms with Crippen LogP contribution < -0.4 is 19.8 Å². The Bertz CT molecular complexity index is 1570. The lowest BCUT2D eigenvalue weighted by molar-refractivity contribution is -0.385. The summed E-state index contributed by atoms with van der Waals surface area (Å²) in [5, 5.41) is 11.6. The molecule has 5 rings (SSSR count). The highest BCUT2D eigenvalue weighted by Crippen LogP contribution is 2.41. The third-order valence-electron chi connectivity index (χ3n) is 6.20. The quantitative estimate of drug-likeness (QED) is 0.161. The number of carbonyl (C=O) groups excluding carboxylic acids is 1. The van der Waals surface area contributed by atoms with Crippen molar-refractivity contribution in [2.24, 2.45) is 0 Å². The van der Waals surface area contributed by atoms with Crippen LogP contribution in [0.2, 0.25) is 0 Å². The van der Waals surface area contributed by atoms with Crippen LogP contribution in [0.25, 0.3) is 11.0 Å². The van der Waals surface area contributed by atoms with Crippen LogP contribution in [0.15, 0.2) is 69.9 Å². The summed E-state index contributed by atoms with van der Waals surface area (Å²) in [6.45, 7) is 1.74. The van der Waals surface area contributed by atoms with Gasteiger partial charge in [0.2, 0.25) is 0 Å². The standard InChI is InChI=1S/C27H21NO8/c1-15-11-18(8-9-21(15)28(31)32)34-14-17-12-16(7-10-22(17)33-2)20-13-24(29)36-26-19-5-3-4-6-23(19)35-27(30)25(20)26/h3-12,20H,13-14H2,1-2H3/t20-/m1/s1. The number of benzene rings is 3. The fourth-order valence-electron chi connectivity index (χ4n) is 4.47. The number of hydrogen-bond acceptors (Lipinski definition) is 8. The van der Waals surface area contributed by atoms with E-state index in [0.717, 1.165) is 0 Å². The zero-order valence-electron chi connectivity index (χ0n) is 19.5. The summed E-state index contributed by atoms with van der Waals surface area (Å²) in [7, 11) is 1.53. The zero-order valence-corrected chi connectivity index (χ0v) is 19.5. The van der Waals surface area contributed by atoms with E-state index in [-0.39, 0.29) is 30.0 Å². The monoisotopic (exact) mass is 487 g/mol. The molecule has 0 saturated carbocycles. The lowest BCUT2D eigenvalue weighted by Crippen LogP contribution is -2.26. The molecule has 0 amide bonds. The van der Waals surface area contributed by atoms with Crippen LogP contribution in [0, 0.1) is 17.0 Å². The van der Waals surface area contributed by atoms with E-state index >= 15 is 0 Å². The number of ether oxygens (including phenoxy) is 3. The van der Waals surface area contributed by atoms with Gasteiger partial charge in [0.1, 0.15) is 23.7 Å². The number of hydrogen-bond donors (Lipinski definition) is 0. The van der Waals surface area contributed by atoms with Crippen molar-refractivity contribution in [3.8, 4) is 17.2 Å². The molecule has 0 aliphatic carbocycles. The number of para-hydroxylation sites is 1. The van der Waals surface area contributed by atoms with Gasteiger partial charge >= 0.3 is 11.6 Å². The van der Waals surface area contributed by atoms with Crippen LogP contribution in [-0.4, -0.2) is 18.0 Å². The van der Waals surface area contributed by atoms with Crippen molar-refractivity contribution >= 4 is 22.6 Å². The Kier molecular flexibility index (Phi) is 5.89. The van der Waals surface area contributed by atoms with Gasteiger partial charge in [0.15, 0.2) is 5.75 Å². The molecule has 3 aromatic carbocycles. The second-order valence-corrected chi connectivity index (χ2v) is 8.42. The van der Waals surface area contributed by atoms with Crippen molar-refractivity contribution in [2.75, 3.05) is 7.11 Å². The Morgan fingerprint density at radius 1 is 1.08 bits per heavy atom. The zero-order chi connectivity index (χ0) is 25.4. The van der Waals surface area contributed by atoms with Gasteiger partial charge in [-0.25, -0.2) is 4.79 Å². The van der Waals surface area contributed by atoms with Gasteiger partial charge in [-0.05, 0) is 48.9 Å². The highest BCUT2D eigenvalue weighted by molar-refractivity contribution is 5.90. The average Bonchev–Trinajstić information content (AvgIpc) is 2.86. The molecule has 0 saturated heterocycles. The number of nitro benzene ring substituents is 1. The van der Waals surface area contributed by atoms with Gasteiger partial charge in [0, 0.05) is 23.1 Å². The summed E-state index contributed by atoms with van der Waals surface area (Å²) in [6, 6.07) is 16.8. The van der Waals surface area contributed by atoms with E-state index in [2.05, 4.69) is 0 Å². The first kappa shape index (κ1) is 23.1. The number of esters is 1. The van der Waals surface area contributed by atoms with Crippen molar-refractivity contribution in [3.63, 3.8) is 0 Å². The largest absolute Gasteiger partial charge is 0.496 e. The van der Waals surface area contributed by atoms with Gasteiger partial charge < -0.3 is 18.6 Å². The molecule has 1 atom stereocenters. The molecule has 0 N–H and O–H groups in total. The van der Waals surface area contributed by atoms with Crippen LogP contribution in [-0.2, 0) is 11.4 Å². The number of nitro groups is 1. The number of methoxy groups -OCH3 is 1. The molecule has 182 valence electrons. The Hall–Kier alpha value is -4.66. The fraction of sp³-hybridized carbons (Fsp3) is 0.185. The lowest BCUT2D eigenvalue weighted by atomic mass is 9.86. The third kappa shape index (κ3) is 4.15. The summed E-state index contributed by atoms with van der Waals surface area (Å²) < 4.78 is 22.4. The van der Waals surface area contributed by atoms with E-state index in [9.17, 15) is 19.7 Å². The summed E-state index contributed by atoms with van der Waals surface area (Å²) in [5.74, 6) is 0.218. The number of aryl methyl sites for hydroxylation is 1.